The van der Waals surface area contributed by atoms with Gasteiger partial charge in [-0.2, -0.15) is 5.10 Å². The molecule has 5 nitrogen and oxygen atoms in total. The van der Waals surface area contributed by atoms with Crippen molar-refractivity contribution in [2.45, 2.75) is 25.5 Å². The molecule has 2 atom stereocenters. The minimum absolute atomic E-state index is 0.0792. The van der Waals surface area contributed by atoms with Gasteiger partial charge in [0.25, 0.3) is 0 Å². The molecule has 1 aromatic rings. The van der Waals surface area contributed by atoms with Crippen LogP contribution in [0.4, 0.5) is 0 Å². The van der Waals surface area contributed by atoms with Crippen molar-refractivity contribution in [2.75, 3.05) is 13.2 Å². The molecule has 1 aromatic heterocycles. The number of H-pyrrole nitrogens is 1. The Bertz CT molecular complexity index is 259. The van der Waals surface area contributed by atoms with Crippen molar-refractivity contribution >= 4 is 0 Å². The minimum Gasteiger partial charge on any atom is -0.393 e. The highest BCUT2D eigenvalue weighted by molar-refractivity contribution is 5.03. The highest BCUT2D eigenvalue weighted by Gasteiger charge is 2.19. The molecule has 0 saturated heterocycles. The lowest BCUT2D eigenvalue weighted by molar-refractivity contribution is 0.000979. The quantitative estimate of drug-likeness (QED) is 0.529. The van der Waals surface area contributed by atoms with E-state index in [0.717, 1.165) is 5.69 Å². The normalized spacial score (nSPS) is 17.7. The fourth-order valence-corrected chi connectivity index (χ4v) is 1.05. The van der Waals surface area contributed by atoms with Crippen LogP contribution < -0.4 is 5.32 Å². The van der Waals surface area contributed by atoms with Gasteiger partial charge in [0.05, 0.1) is 17.9 Å². The first-order valence-electron chi connectivity index (χ1n) is 4.61. The molecule has 2 unspecified atom stereocenters. The number of aliphatic hydroxyl groups is 2. The number of hydrogen-bond acceptors (Lipinski definition) is 4. The van der Waals surface area contributed by atoms with Crippen LogP contribution >= 0.6 is 0 Å². The molecule has 0 amide bonds. The van der Waals surface area contributed by atoms with E-state index in [1.165, 1.54) is 0 Å². The molecular formula is C9H17N3O2. The Labute approximate surface area is 83.2 Å². The SMILES string of the molecule is CC(NCC(C)(O)CO)c1ccn[nH]1. The number of nitrogens with zero attached hydrogens (tertiary/aromatic N) is 1. The molecule has 0 radical (unpaired) electrons. The maximum absolute atomic E-state index is 9.53. The van der Waals surface area contributed by atoms with Crippen LogP contribution in [0.5, 0.6) is 0 Å². The Morgan fingerprint density at radius 1 is 1.71 bits per heavy atom. The van der Waals surface area contributed by atoms with Crippen LogP contribution in [0, 0.1) is 0 Å². The van der Waals surface area contributed by atoms with Crippen molar-refractivity contribution < 1.29 is 10.2 Å². The van der Waals surface area contributed by atoms with Crippen molar-refractivity contribution in [2.24, 2.45) is 0 Å². The summed E-state index contributed by atoms with van der Waals surface area (Å²) in [6.45, 7) is 3.63. The summed E-state index contributed by atoms with van der Waals surface area (Å²) < 4.78 is 0. The van der Waals surface area contributed by atoms with Crippen LogP contribution in [0.25, 0.3) is 0 Å². The van der Waals surface area contributed by atoms with E-state index in [2.05, 4.69) is 15.5 Å². The van der Waals surface area contributed by atoms with Gasteiger partial charge in [-0.3, -0.25) is 5.10 Å². The Morgan fingerprint density at radius 2 is 2.43 bits per heavy atom. The summed E-state index contributed by atoms with van der Waals surface area (Å²) in [7, 11) is 0. The predicted octanol–water partition coefficient (Wildman–Crippen LogP) is -0.196. The smallest absolute Gasteiger partial charge is 0.0973 e. The third-order valence-corrected chi connectivity index (χ3v) is 2.12. The van der Waals surface area contributed by atoms with Gasteiger partial charge in [0.2, 0.25) is 0 Å². The van der Waals surface area contributed by atoms with Gasteiger partial charge in [0.15, 0.2) is 0 Å². The summed E-state index contributed by atoms with van der Waals surface area (Å²) in [6, 6.07) is 1.95. The molecular weight excluding hydrogens is 182 g/mol. The number of aliphatic hydroxyl groups excluding tert-OH is 1. The van der Waals surface area contributed by atoms with Crippen molar-refractivity contribution in [3.05, 3.63) is 18.0 Å². The highest BCUT2D eigenvalue weighted by Crippen LogP contribution is 2.09. The molecule has 0 spiro atoms. The second-order valence-corrected chi connectivity index (χ2v) is 3.77. The fraction of sp³-hybridized carbons (Fsp3) is 0.667. The standard InChI is InChI=1S/C9H17N3O2/c1-7(8-3-4-11-12-8)10-5-9(2,14)6-13/h3-4,7,10,13-14H,5-6H2,1-2H3,(H,11,12). The van der Waals surface area contributed by atoms with Crippen LogP contribution in [0.2, 0.25) is 0 Å². The molecule has 1 heterocycles. The van der Waals surface area contributed by atoms with Crippen LogP contribution in [0.3, 0.4) is 0 Å². The molecule has 4 N–H and O–H groups in total. The van der Waals surface area contributed by atoms with Gasteiger partial charge in [0, 0.05) is 18.8 Å². The average molecular weight is 199 g/mol. The number of nitrogens with one attached hydrogen (secondary N) is 2. The molecule has 14 heavy (non-hydrogen) atoms. The van der Waals surface area contributed by atoms with Crippen LogP contribution in [0.1, 0.15) is 25.6 Å². The van der Waals surface area contributed by atoms with E-state index in [4.69, 9.17) is 5.11 Å². The van der Waals surface area contributed by atoms with Crippen molar-refractivity contribution in [3.8, 4) is 0 Å². The molecule has 80 valence electrons. The van der Waals surface area contributed by atoms with Gasteiger partial charge < -0.3 is 15.5 Å². The first-order chi connectivity index (χ1) is 6.55. The fourth-order valence-electron chi connectivity index (χ4n) is 1.05. The Morgan fingerprint density at radius 3 is 2.93 bits per heavy atom. The molecule has 0 saturated carbocycles. The van der Waals surface area contributed by atoms with Gasteiger partial charge in [-0.1, -0.05) is 0 Å². The minimum atomic E-state index is -1.08. The van der Waals surface area contributed by atoms with E-state index in [1.54, 1.807) is 13.1 Å². The van der Waals surface area contributed by atoms with E-state index in [9.17, 15) is 5.11 Å². The molecule has 0 fully saturated rings. The summed E-state index contributed by atoms with van der Waals surface area (Å²) in [6.07, 6.45) is 1.68. The summed E-state index contributed by atoms with van der Waals surface area (Å²) in [5.41, 5.74) is -0.118. The molecule has 5 heteroatoms. The lowest BCUT2D eigenvalue weighted by Gasteiger charge is -2.23. The first-order valence-corrected chi connectivity index (χ1v) is 4.61. The number of rotatable bonds is 5. The molecule has 0 aliphatic rings. The summed E-state index contributed by atoms with van der Waals surface area (Å²) >= 11 is 0. The van der Waals surface area contributed by atoms with Crippen molar-refractivity contribution in [1.29, 1.82) is 0 Å². The van der Waals surface area contributed by atoms with E-state index >= 15 is 0 Å². The lowest BCUT2D eigenvalue weighted by Crippen LogP contribution is -2.41. The Balaban J connectivity index is 2.39. The van der Waals surface area contributed by atoms with E-state index in [1.807, 2.05) is 13.0 Å². The second kappa shape index (κ2) is 4.54. The Kier molecular flexibility index (Phi) is 3.62. The van der Waals surface area contributed by atoms with Crippen LogP contribution in [0.15, 0.2) is 12.3 Å². The number of aromatic nitrogens is 2. The zero-order chi connectivity index (χ0) is 10.6. The van der Waals surface area contributed by atoms with Gasteiger partial charge in [-0.25, -0.2) is 0 Å². The van der Waals surface area contributed by atoms with Crippen molar-refractivity contribution in [1.82, 2.24) is 15.5 Å². The zero-order valence-electron chi connectivity index (χ0n) is 8.49. The monoisotopic (exact) mass is 199 g/mol. The van der Waals surface area contributed by atoms with Gasteiger partial charge >= 0.3 is 0 Å². The first kappa shape index (κ1) is 11.2. The van der Waals surface area contributed by atoms with Crippen LogP contribution in [-0.2, 0) is 0 Å². The molecule has 0 aromatic carbocycles. The maximum atomic E-state index is 9.53. The molecule has 0 aliphatic carbocycles. The topological polar surface area (TPSA) is 81.2 Å². The molecule has 0 aliphatic heterocycles. The molecule has 0 bridgehead atoms. The maximum Gasteiger partial charge on any atom is 0.0973 e. The Hall–Kier alpha value is -0.910. The summed E-state index contributed by atoms with van der Waals surface area (Å²) in [5, 5.41) is 28.1. The summed E-state index contributed by atoms with van der Waals surface area (Å²) in [4.78, 5) is 0. The summed E-state index contributed by atoms with van der Waals surface area (Å²) in [5.74, 6) is 0. The van der Waals surface area contributed by atoms with Crippen molar-refractivity contribution in [3.63, 3.8) is 0 Å². The predicted molar refractivity (Wildman–Crippen MR) is 52.7 cm³/mol. The van der Waals surface area contributed by atoms with E-state index in [-0.39, 0.29) is 12.6 Å². The average Bonchev–Trinajstić information content (AvgIpc) is 2.67. The number of aromatic amines is 1. The van der Waals surface area contributed by atoms with E-state index in [0.29, 0.717) is 6.54 Å². The third kappa shape index (κ3) is 3.10. The lowest BCUT2D eigenvalue weighted by atomic mass is 10.1. The highest BCUT2D eigenvalue weighted by atomic mass is 16.3. The van der Waals surface area contributed by atoms with Gasteiger partial charge in [0.1, 0.15) is 0 Å². The van der Waals surface area contributed by atoms with Gasteiger partial charge in [-0.05, 0) is 19.9 Å². The van der Waals surface area contributed by atoms with Gasteiger partial charge in [-0.15, -0.1) is 0 Å². The van der Waals surface area contributed by atoms with Crippen LogP contribution in [-0.4, -0.2) is 39.2 Å². The van der Waals surface area contributed by atoms with E-state index < -0.39 is 5.60 Å². The zero-order valence-corrected chi connectivity index (χ0v) is 8.49. The third-order valence-electron chi connectivity index (χ3n) is 2.12. The largest absolute Gasteiger partial charge is 0.393 e. The second-order valence-electron chi connectivity index (χ2n) is 3.77. The molecule has 1 rings (SSSR count). The number of hydrogen-bond donors (Lipinski definition) is 4.